The highest BCUT2D eigenvalue weighted by atomic mass is 16.2. The number of nitrogens with zero attached hydrogens (tertiary/aromatic N) is 1. The molecule has 2 aliphatic heterocycles. The number of nitrogens with one attached hydrogen (secondary N) is 1. The Morgan fingerprint density at radius 2 is 2.13 bits per heavy atom. The van der Waals surface area contributed by atoms with E-state index in [1.54, 1.807) is 0 Å². The average molecular weight is 312 g/mol. The minimum Gasteiger partial charge on any atom is -0.353 e. The highest BCUT2D eigenvalue weighted by molar-refractivity contribution is 5.91. The van der Waals surface area contributed by atoms with E-state index in [1.807, 2.05) is 11.0 Å². The molecular formula is C19H24N2O2. The minimum atomic E-state index is -0.567. The van der Waals surface area contributed by atoms with Crippen LogP contribution in [-0.2, 0) is 15.0 Å². The molecule has 4 rings (SSSR count). The normalized spacial score (nSPS) is 30.2. The molecule has 122 valence electrons. The molecule has 2 heterocycles. The van der Waals surface area contributed by atoms with Crippen LogP contribution in [0.2, 0.25) is 0 Å². The smallest absolute Gasteiger partial charge is 0.232 e. The van der Waals surface area contributed by atoms with E-state index < -0.39 is 5.41 Å². The van der Waals surface area contributed by atoms with E-state index in [0.29, 0.717) is 19.0 Å². The van der Waals surface area contributed by atoms with Crippen molar-refractivity contribution in [1.82, 2.24) is 10.2 Å². The molecule has 1 N–H and O–H groups in total. The molecule has 1 aromatic carbocycles. The fraction of sp³-hybridized carbons (Fsp3) is 0.579. The van der Waals surface area contributed by atoms with Crippen LogP contribution in [0.4, 0.5) is 0 Å². The van der Waals surface area contributed by atoms with Crippen molar-refractivity contribution in [3.63, 3.8) is 0 Å². The number of carbonyl (C=O) groups excluding carboxylic acids is 2. The van der Waals surface area contributed by atoms with Crippen LogP contribution in [0.1, 0.15) is 49.7 Å². The fourth-order valence-corrected chi connectivity index (χ4v) is 4.30. The highest BCUT2D eigenvalue weighted by Crippen LogP contribution is 2.43. The first-order valence-electron chi connectivity index (χ1n) is 8.76. The van der Waals surface area contributed by atoms with Gasteiger partial charge in [0.1, 0.15) is 0 Å². The summed E-state index contributed by atoms with van der Waals surface area (Å²) in [5.74, 6) is 0.330. The van der Waals surface area contributed by atoms with E-state index in [9.17, 15) is 9.59 Å². The summed E-state index contributed by atoms with van der Waals surface area (Å²) in [5, 5.41) is 3.24. The van der Waals surface area contributed by atoms with E-state index in [2.05, 4.69) is 30.4 Å². The predicted molar refractivity (Wildman–Crippen MR) is 88.0 cm³/mol. The Bertz CT molecular complexity index is 653. The van der Waals surface area contributed by atoms with Gasteiger partial charge < -0.3 is 10.2 Å². The van der Waals surface area contributed by atoms with Crippen LogP contribution in [-0.4, -0.2) is 35.3 Å². The quantitative estimate of drug-likeness (QED) is 0.931. The maximum Gasteiger partial charge on any atom is 0.232 e. The number of benzene rings is 1. The van der Waals surface area contributed by atoms with Crippen LogP contribution >= 0.6 is 0 Å². The first-order valence-corrected chi connectivity index (χ1v) is 8.76. The number of hydrogen-bond donors (Lipinski definition) is 1. The molecule has 2 atom stereocenters. The molecule has 2 amide bonds. The van der Waals surface area contributed by atoms with Crippen LogP contribution in [0, 0.1) is 6.92 Å². The summed E-state index contributed by atoms with van der Waals surface area (Å²) in [5.41, 5.74) is 1.66. The molecule has 0 spiro atoms. The van der Waals surface area contributed by atoms with Gasteiger partial charge in [-0.25, -0.2) is 0 Å². The van der Waals surface area contributed by atoms with Crippen LogP contribution in [0.5, 0.6) is 0 Å². The zero-order valence-electron chi connectivity index (χ0n) is 13.7. The number of fused-ring (bicyclic) bond motifs is 1. The van der Waals surface area contributed by atoms with Gasteiger partial charge in [-0.2, -0.15) is 0 Å². The van der Waals surface area contributed by atoms with Gasteiger partial charge in [0.2, 0.25) is 11.8 Å². The largest absolute Gasteiger partial charge is 0.353 e. The van der Waals surface area contributed by atoms with E-state index in [-0.39, 0.29) is 17.9 Å². The zero-order chi connectivity index (χ0) is 16.0. The molecule has 0 aromatic heterocycles. The summed E-state index contributed by atoms with van der Waals surface area (Å²) in [6, 6.07) is 8.81. The van der Waals surface area contributed by atoms with Crippen molar-refractivity contribution in [3.8, 4) is 0 Å². The first-order chi connectivity index (χ1) is 11.1. The van der Waals surface area contributed by atoms with Gasteiger partial charge in [0.05, 0.1) is 5.41 Å². The first kappa shape index (κ1) is 14.7. The van der Waals surface area contributed by atoms with Crippen molar-refractivity contribution in [2.45, 2.75) is 62.9 Å². The molecule has 23 heavy (non-hydrogen) atoms. The monoisotopic (exact) mass is 312 g/mol. The summed E-state index contributed by atoms with van der Waals surface area (Å²) in [6.07, 6.45) is 5.67. The lowest BCUT2D eigenvalue weighted by Gasteiger charge is -2.34. The third-order valence-corrected chi connectivity index (χ3v) is 5.92. The summed E-state index contributed by atoms with van der Waals surface area (Å²) in [7, 11) is 0. The molecule has 3 fully saturated rings. The van der Waals surface area contributed by atoms with Crippen molar-refractivity contribution < 1.29 is 9.59 Å². The summed E-state index contributed by atoms with van der Waals surface area (Å²) < 4.78 is 0. The summed E-state index contributed by atoms with van der Waals surface area (Å²) in [6.45, 7) is 2.60. The standard InChI is InChI=1S/C19H24N2O2/c1-13-4-2-5-14(10-13)19(18(23)20-15-6-3-7-15)11-16-8-9-17(22)21(16)12-19/h2,4-5,10,15-16H,3,6-9,11-12H2,1H3,(H,20,23)/t16-,19+/m0/s1. The molecule has 1 aromatic rings. The number of hydrogen-bond acceptors (Lipinski definition) is 2. The molecule has 0 unspecified atom stereocenters. The summed E-state index contributed by atoms with van der Waals surface area (Å²) >= 11 is 0. The van der Waals surface area contributed by atoms with Gasteiger partial charge in [0, 0.05) is 25.0 Å². The molecule has 0 bridgehead atoms. The van der Waals surface area contributed by atoms with Crippen molar-refractivity contribution in [1.29, 1.82) is 0 Å². The van der Waals surface area contributed by atoms with E-state index in [1.165, 1.54) is 6.42 Å². The molecule has 0 radical (unpaired) electrons. The third-order valence-electron chi connectivity index (χ3n) is 5.92. The third kappa shape index (κ3) is 2.35. The minimum absolute atomic E-state index is 0.120. The average Bonchev–Trinajstić information content (AvgIpc) is 3.03. The van der Waals surface area contributed by atoms with Crippen LogP contribution in [0.25, 0.3) is 0 Å². The van der Waals surface area contributed by atoms with Gasteiger partial charge in [0.25, 0.3) is 0 Å². The van der Waals surface area contributed by atoms with Crippen LogP contribution in [0.3, 0.4) is 0 Å². The van der Waals surface area contributed by atoms with Gasteiger partial charge >= 0.3 is 0 Å². The Morgan fingerprint density at radius 1 is 1.30 bits per heavy atom. The second kappa shape index (κ2) is 5.36. The lowest BCUT2D eigenvalue weighted by molar-refractivity contribution is -0.130. The van der Waals surface area contributed by atoms with Crippen LogP contribution < -0.4 is 5.32 Å². The van der Waals surface area contributed by atoms with Crippen LogP contribution in [0.15, 0.2) is 24.3 Å². The molecule has 1 saturated carbocycles. The number of aryl methyl sites for hydroxylation is 1. The maximum atomic E-state index is 13.2. The van der Waals surface area contributed by atoms with Gasteiger partial charge in [-0.1, -0.05) is 29.8 Å². The Hall–Kier alpha value is -1.84. The van der Waals surface area contributed by atoms with Gasteiger partial charge in [-0.05, 0) is 44.6 Å². The molecule has 1 aliphatic carbocycles. The van der Waals surface area contributed by atoms with Crippen molar-refractivity contribution in [2.24, 2.45) is 0 Å². The Balaban J connectivity index is 1.69. The van der Waals surface area contributed by atoms with E-state index in [0.717, 1.165) is 36.8 Å². The Kier molecular flexibility index (Phi) is 3.43. The number of amides is 2. The van der Waals surface area contributed by atoms with Crippen molar-refractivity contribution in [2.75, 3.05) is 6.54 Å². The van der Waals surface area contributed by atoms with Gasteiger partial charge in [-0.3, -0.25) is 9.59 Å². The highest BCUT2D eigenvalue weighted by Gasteiger charge is 2.54. The molecule has 3 aliphatic rings. The zero-order valence-corrected chi connectivity index (χ0v) is 13.7. The number of rotatable bonds is 3. The lowest BCUT2D eigenvalue weighted by Crippen LogP contribution is -2.51. The van der Waals surface area contributed by atoms with Gasteiger partial charge in [0.15, 0.2) is 0 Å². The van der Waals surface area contributed by atoms with Gasteiger partial charge in [-0.15, -0.1) is 0 Å². The van der Waals surface area contributed by atoms with E-state index in [4.69, 9.17) is 0 Å². The maximum absolute atomic E-state index is 13.2. The predicted octanol–water partition coefficient (Wildman–Crippen LogP) is 2.30. The molecule has 4 nitrogen and oxygen atoms in total. The Morgan fingerprint density at radius 3 is 2.78 bits per heavy atom. The molecule has 2 saturated heterocycles. The summed E-state index contributed by atoms with van der Waals surface area (Å²) in [4.78, 5) is 27.3. The SMILES string of the molecule is Cc1cccc([C@@]2(C(=O)NC3CCC3)C[C@@H]3CCC(=O)N3C2)c1. The fourth-order valence-electron chi connectivity index (χ4n) is 4.30. The second-order valence-corrected chi connectivity index (χ2v) is 7.47. The molecule has 4 heteroatoms. The topological polar surface area (TPSA) is 49.4 Å². The van der Waals surface area contributed by atoms with E-state index >= 15 is 0 Å². The Labute approximate surface area is 137 Å². The lowest BCUT2D eigenvalue weighted by atomic mass is 9.76. The van der Waals surface area contributed by atoms with Crippen molar-refractivity contribution in [3.05, 3.63) is 35.4 Å². The second-order valence-electron chi connectivity index (χ2n) is 7.47. The van der Waals surface area contributed by atoms with Crippen molar-refractivity contribution >= 4 is 11.8 Å². The number of carbonyl (C=O) groups is 2. The molecular weight excluding hydrogens is 288 g/mol.